The molecule has 19 heavy (non-hydrogen) atoms. The van der Waals surface area contributed by atoms with Crippen molar-refractivity contribution in [3.8, 4) is 0 Å². The normalized spacial score (nSPS) is 20.5. The van der Waals surface area contributed by atoms with Gasteiger partial charge in [0.2, 0.25) is 0 Å². The Bertz CT molecular complexity index is 366. The van der Waals surface area contributed by atoms with E-state index in [0.29, 0.717) is 12.0 Å². The average molecular weight is 288 g/mol. The van der Waals surface area contributed by atoms with Crippen LogP contribution in [0.15, 0.2) is 6.33 Å². The second-order valence-corrected chi connectivity index (χ2v) is 5.61. The molecule has 0 radical (unpaired) electrons. The predicted octanol–water partition coefficient (Wildman–Crippen LogP) is 1.67. The van der Waals surface area contributed by atoms with Crippen LogP contribution in [0.1, 0.15) is 38.9 Å². The first kappa shape index (κ1) is 16.4. The van der Waals surface area contributed by atoms with E-state index in [1.54, 1.807) is 6.33 Å². The highest BCUT2D eigenvalue weighted by Gasteiger charge is 2.22. The van der Waals surface area contributed by atoms with Crippen LogP contribution in [0.2, 0.25) is 0 Å². The summed E-state index contributed by atoms with van der Waals surface area (Å²) in [7, 11) is 0. The van der Waals surface area contributed by atoms with Gasteiger partial charge >= 0.3 is 0 Å². The molecule has 0 aliphatic carbocycles. The van der Waals surface area contributed by atoms with E-state index in [1.807, 2.05) is 4.68 Å². The van der Waals surface area contributed by atoms with Crippen molar-refractivity contribution < 1.29 is 0 Å². The van der Waals surface area contributed by atoms with Gasteiger partial charge in [0, 0.05) is 19.1 Å². The van der Waals surface area contributed by atoms with E-state index in [9.17, 15) is 0 Å². The molecule has 2 rings (SSSR count). The van der Waals surface area contributed by atoms with Gasteiger partial charge in [0.15, 0.2) is 0 Å². The molecule has 0 bridgehead atoms. The van der Waals surface area contributed by atoms with Gasteiger partial charge < -0.3 is 5.73 Å². The van der Waals surface area contributed by atoms with Crippen LogP contribution in [0.4, 0.5) is 0 Å². The Labute approximate surface area is 122 Å². The maximum atomic E-state index is 5.86. The van der Waals surface area contributed by atoms with Gasteiger partial charge in [-0.15, -0.1) is 12.4 Å². The van der Waals surface area contributed by atoms with Crippen LogP contribution in [0.25, 0.3) is 0 Å². The molecule has 2 heterocycles. The summed E-state index contributed by atoms with van der Waals surface area (Å²) < 4.78 is 2.03. The molecular weight excluding hydrogens is 262 g/mol. The second-order valence-electron chi connectivity index (χ2n) is 5.61. The molecule has 5 nitrogen and oxygen atoms in total. The monoisotopic (exact) mass is 287 g/mol. The zero-order valence-electron chi connectivity index (χ0n) is 12.0. The quantitative estimate of drug-likeness (QED) is 0.895. The predicted molar refractivity (Wildman–Crippen MR) is 79.2 cm³/mol. The third-order valence-electron chi connectivity index (χ3n) is 3.60. The van der Waals surface area contributed by atoms with Gasteiger partial charge in [-0.05, 0) is 25.3 Å². The number of halogens is 1. The van der Waals surface area contributed by atoms with Crippen molar-refractivity contribution in [1.29, 1.82) is 0 Å². The fourth-order valence-electron chi connectivity index (χ4n) is 2.63. The van der Waals surface area contributed by atoms with Crippen LogP contribution < -0.4 is 5.73 Å². The summed E-state index contributed by atoms with van der Waals surface area (Å²) in [4.78, 5) is 6.86. The van der Waals surface area contributed by atoms with Crippen molar-refractivity contribution in [1.82, 2.24) is 19.7 Å². The van der Waals surface area contributed by atoms with E-state index in [2.05, 4.69) is 28.8 Å². The fourth-order valence-corrected chi connectivity index (χ4v) is 2.63. The smallest absolute Gasteiger partial charge is 0.141 e. The standard InChI is InChI=1S/C13H25N5.ClH/c1-11(2)8-18-13(15-10-16-18)9-17-6-4-3-5-12(17)7-14;/h10-12H,3-9,14H2,1-2H3;1H. The van der Waals surface area contributed by atoms with E-state index in [0.717, 1.165) is 32.0 Å². The summed E-state index contributed by atoms with van der Waals surface area (Å²) in [5, 5.41) is 4.32. The molecule has 6 heteroatoms. The average Bonchev–Trinajstić information content (AvgIpc) is 2.76. The van der Waals surface area contributed by atoms with Crippen molar-refractivity contribution in [2.75, 3.05) is 13.1 Å². The number of piperidine rings is 1. The second kappa shape index (κ2) is 7.82. The van der Waals surface area contributed by atoms with Crippen LogP contribution >= 0.6 is 12.4 Å². The molecule has 1 unspecified atom stereocenters. The lowest BCUT2D eigenvalue weighted by atomic mass is 10.0. The largest absolute Gasteiger partial charge is 0.329 e. The number of nitrogens with two attached hydrogens (primary N) is 1. The summed E-state index contributed by atoms with van der Waals surface area (Å²) in [6.45, 7) is 8.11. The molecule has 1 aliphatic rings. The van der Waals surface area contributed by atoms with E-state index >= 15 is 0 Å². The van der Waals surface area contributed by atoms with Crippen molar-refractivity contribution in [3.05, 3.63) is 12.2 Å². The molecule has 110 valence electrons. The van der Waals surface area contributed by atoms with Gasteiger partial charge in [-0.3, -0.25) is 4.90 Å². The Kier molecular flexibility index (Phi) is 6.75. The first-order valence-electron chi connectivity index (χ1n) is 7.01. The third kappa shape index (κ3) is 4.44. The van der Waals surface area contributed by atoms with E-state index in [1.165, 1.54) is 19.3 Å². The van der Waals surface area contributed by atoms with Gasteiger partial charge in [-0.25, -0.2) is 9.67 Å². The van der Waals surface area contributed by atoms with Crippen molar-refractivity contribution in [2.45, 2.75) is 52.2 Å². The molecule has 1 fully saturated rings. The Morgan fingerprint density at radius 2 is 2.21 bits per heavy atom. The third-order valence-corrected chi connectivity index (χ3v) is 3.60. The van der Waals surface area contributed by atoms with Crippen LogP contribution in [0, 0.1) is 5.92 Å². The molecule has 1 aliphatic heterocycles. The van der Waals surface area contributed by atoms with Crippen molar-refractivity contribution in [2.24, 2.45) is 11.7 Å². The molecule has 1 saturated heterocycles. The topological polar surface area (TPSA) is 60.0 Å². The van der Waals surface area contributed by atoms with Gasteiger partial charge in [-0.2, -0.15) is 5.10 Å². The number of hydrogen-bond acceptors (Lipinski definition) is 4. The van der Waals surface area contributed by atoms with Gasteiger partial charge in [-0.1, -0.05) is 20.3 Å². The summed E-state index contributed by atoms with van der Waals surface area (Å²) in [5.41, 5.74) is 5.86. The Morgan fingerprint density at radius 3 is 2.89 bits per heavy atom. The highest BCUT2D eigenvalue weighted by Crippen LogP contribution is 2.18. The minimum absolute atomic E-state index is 0. The minimum Gasteiger partial charge on any atom is -0.329 e. The highest BCUT2D eigenvalue weighted by atomic mass is 35.5. The lowest BCUT2D eigenvalue weighted by molar-refractivity contribution is 0.138. The zero-order valence-corrected chi connectivity index (χ0v) is 12.8. The minimum atomic E-state index is 0. The van der Waals surface area contributed by atoms with Gasteiger partial charge in [0.1, 0.15) is 12.2 Å². The molecule has 0 aromatic carbocycles. The molecule has 1 atom stereocenters. The molecule has 0 spiro atoms. The summed E-state index contributed by atoms with van der Waals surface area (Å²) >= 11 is 0. The maximum Gasteiger partial charge on any atom is 0.141 e. The van der Waals surface area contributed by atoms with Crippen molar-refractivity contribution in [3.63, 3.8) is 0 Å². The highest BCUT2D eigenvalue weighted by molar-refractivity contribution is 5.85. The molecule has 0 amide bonds. The Hall–Kier alpha value is -0.650. The maximum absolute atomic E-state index is 5.86. The number of aromatic nitrogens is 3. The van der Waals surface area contributed by atoms with E-state index < -0.39 is 0 Å². The Morgan fingerprint density at radius 1 is 1.42 bits per heavy atom. The van der Waals surface area contributed by atoms with E-state index in [4.69, 9.17) is 5.73 Å². The molecule has 0 saturated carbocycles. The van der Waals surface area contributed by atoms with Crippen LogP contribution in [0.3, 0.4) is 0 Å². The zero-order chi connectivity index (χ0) is 13.0. The number of likely N-dealkylation sites (tertiary alicyclic amines) is 1. The lowest BCUT2D eigenvalue weighted by Gasteiger charge is -2.34. The Balaban J connectivity index is 0.00000180. The summed E-state index contributed by atoms with van der Waals surface area (Å²) in [6.07, 6.45) is 5.46. The lowest BCUT2D eigenvalue weighted by Crippen LogP contribution is -2.44. The summed E-state index contributed by atoms with van der Waals surface area (Å²) in [6, 6.07) is 0.517. The number of rotatable bonds is 5. The summed E-state index contributed by atoms with van der Waals surface area (Å²) in [5.74, 6) is 1.67. The van der Waals surface area contributed by atoms with Gasteiger partial charge in [0.25, 0.3) is 0 Å². The van der Waals surface area contributed by atoms with Crippen LogP contribution in [-0.2, 0) is 13.1 Å². The first-order valence-corrected chi connectivity index (χ1v) is 7.01. The number of nitrogens with zero attached hydrogens (tertiary/aromatic N) is 4. The van der Waals surface area contributed by atoms with Crippen molar-refractivity contribution >= 4 is 12.4 Å². The van der Waals surface area contributed by atoms with Crippen LogP contribution in [0.5, 0.6) is 0 Å². The molecular formula is C13H26ClN5. The van der Waals surface area contributed by atoms with Crippen LogP contribution in [-0.4, -0.2) is 38.8 Å². The number of hydrogen-bond donors (Lipinski definition) is 1. The van der Waals surface area contributed by atoms with E-state index in [-0.39, 0.29) is 12.4 Å². The molecule has 2 N–H and O–H groups in total. The fraction of sp³-hybridized carbons (Fsp3) is 0.846. The molecule has 1 aromatic heterocycles. The first-order chi connectivity index (χ1) is 8.70. The van der Waals surface area contributed by atoms with Gasteiger partial charge in [0.05, 0.1) is 6.54 Å². The molecule has 1 aromatic rings. The SMILES string of the molecule is CC(C)Cn1ncnc1CN1CCCCC1CN.Cl.